The highest BCUT2D eigenvalue weighted by Crippen LogP contribution is 2.12. The monoisotopic (exact) mass is 287 g/mol. The van der Waals surface area contributed by atoms with Gasteiger partial charge in [-0.3, -0.25) is 4.68 Å². The zero-order valence-corrected chi connectivity index (χ0v) is 12.3. The molecule has 21 heavy (non-hydrogen) atoms. The maximum atomic E-state index is 11.6. The zero-order valence-electron chi connectivity index (χ0n) is 12.3. The lowest BCUT2D eigenvalue weighted by Gasteiger charge is -2.02. The molecule has 0 amide bonds. The van der Waals surface area contributed by atoms with Crippen molar-refractivity contribution in [3.05, 3.63) is 47.8 Å². The van der Waals surface area contributed by atoms with Crippen LogP contribution in [0.2, 0.25) is 0 Å². The van der Waals surface area contributed by atoms with E-state index >= 15 is 0 Å². The number of carbonyl (C=O) groups excluding carboxylic acids is 1. The molecule has 1 aromatic heterocycles. The van der Waals surface area contributed by atoms with Gasteiger partial charge in [-0.1, -0.05) is 30.3 Å². The van der Waals surface area contributed by atoms with E-state index in [4.69, 9.17) is 10.5 Å². The fourth-order valence-corrected chi connectivity index (χ4v) is 2.16. The van der Waals surface area contributed by atoms with Crippen molar-refractivity contribution in [3.63, 3.8) is 0 Å². The van der Waals surface area contributed by atoms with Crippen molar-refractivity contribution in [2.75, 3.05) is 12.3 Å². The average molecular weight is 287 g/mol. The lowest BCUT2D eigenvalue weighted by Crippen LogP contribution is -2.09. The Morgan fingerprint density at radius 3 is 2.76 bits per heavy atom. The molecule has 2 rings (SSSR count). The molecule has 0 saturated heterocycles. The molecule has 1 heterocycles. The van der Waals surface area contributed by atoms with Crippen molar-refractivity contribution in [1.82, 2.24) is 9.78 Å². The standard InChI is InChI=1S/C16H21N3O2/c1-2-21-16(20)15-14(17)12-19(18-15)11-7-6-10-13-8-4-3-5-9-13/h3-5,8-9,12H,2,6-7,10-11,17H2,1H3. The molecule has 0 aliphatic carbocycles. The highest BCUT2D eigenvalue weighted by atomic mass is 16.5. The third-order valence-electron chi connectivity index (χ3n) is 3.20. The number of ether oxygens (including phenoxy) is 1. The summed E-state index contributed by atoms with van der Waals surface area (Å²) in [6.45, 7) is 2.83. The Hall–Kier alpha value is -2.30. The maximum Gasteiger partial charge on any atom is 0.361 e. The summed E-state index contributed by atoms with van der Waals surface area (Å²) in [5.41, 5.74) is 7.70. The first-order chi connectivity index (χ1) is 10.2. The molecular formula is C16H21N3O2. The second kappa shape index (κ2) is 7.47. The van der Waals surface area contributed by atoms with Gasteiger partial charge < -0.3 is 10.5 Å². The Balaban J connectivity index is 1.81. The van der Waals surface area contributed by atoms with Gasteiger partial charge in [0.25, 0.3) is 0 Å². The van der Waals surface area contributed by atoms with Gasteiger partial charge in [-0.2, -0.15) is 5.10 Å². The molecule has 0 aliphatic heterocycles. The van der Waals surface area contributed by atoms with E-state index in [0.717, 1.165) is 25.8 Å². The number of benzene rings is 1. The zero-order chi connectivity index (χ0) is 15.1. The van der Waals surface area contributed by atoms with E-state index in [2.05, 4.69) is 29.4 Å². The molecule has 0 spiro atoms. The second-order valence-electron chi connectivity index (χ2n) is 4.86. The van der Waals surface area contributed by atoms with Crippen molar-refractivity contribution in [2.24, 2.45) is 0 Å². The number of rotatable bonds is 7. The van der Waals surface area contributed by atoms with Crippen molar-refractivity contribution in [2.45, 2.75) is 32.7 Å². The first-order valence-electron chi connectivity index (χ1n) is 7.24. The highest BCUT2D eigenvalue weighted by Gasteiger charge is 2.15. The Bertz CT molecular complexity index is 578. The van der Waals surface area contributed by atoms with Crippen LogP contribution < -0.4 is 5.73 Å². The van der Waals surface area contributed by atoms with Crippen molar-refractivity contribution in [1.29, 1.82) is 0 Å². The third kappa shape index (κ3) is 4.34. The Labute approximate surface area is 124 Å². The topological polar surface area (TPSA) is 70.1 Å². The molecule has 2 aromatic rings. The predicted octanol–water partition coefficient (Wildman–Crippen LogP) is 2.66. The van der Waals surface area contributed by atoms with Crippen LogP contribution in [0.3, 0.4) is 0 Å². The summed E-state index contributed by atoms with van der Waals surface area (Å²) in [7, 11) is 0. The van der Waals surface area contributed by atoms with Crippen LogP contribution in [0.25, 0.3) is 0 Å². The van der Waals surface area contributed by atoms with Crippen LogP contribution in [0.5, 0.6) is 0 Å². The number of hydrogen-bond acceptors (Lipinski definition) is 4. The normalized spacial score (nSPS) is 10.5. The molecule has 0 atom stereocenters. The summed E-state index contributed by atoms with van der Waals surface area (Å²) in [5, 5.41) is 4.19. The minimum atomic E-state index is -0.460. The predicted molar refractivity (Wildman–Crippen MR) is 82.0 cm³/mol. The Morgan fingerprint density at radius 1 is 1.29 bits per heavy atom. The molecule has 112 valence electrons. The van der Waals surface area contributed by atoms with E-state index in [1.807, 2.05) is 6.07 Å². The summed E-state index contributed by atoms with van der Waals surface area (Å²) < 4.78 is 6.63. The molecule has 5 heteroatoms. The van der Waals surface area contributed by atoms with Crippen LogP contribution >= 0.6 is 0 Å². The molecule has 0 unspecified atom stereocenters. The number of hydrogen-bond donors (Lipinski definition) is 1. The lowest BCUT2D eigenvalue weighted by molar-refractivity contribution is 0.0519. The molecule has 1 aromatic carbocycles. The number of nitrogen functional groups attached to an aromatic ring is 1. The largest absolute Gasteiger partial charge is 0.461 e. The Morgan fingerprint density at radius 2 is 2.05 bits per heavy atom. The molecule has 0 fully saturated rings. The van der Waals surface area contributed by atoms with Gasteiger partial charge in [-0.25, -0.2) is 4.79 Å². The van der Waals surface area contributed by atoms with Crippen LogP contribution in [0.4, 0.5) is 5.69 Å². The van der Waals surface area contributed by atoms with E-state index in [0.29, 0.717) is 12.3 Å². The van der Waals surface area contributed by atoms with Crippen LogP contribution in [-0.2, 0) is 17.7 Å². The first-order valence-corrected chi connectivity index (χ1v) is 7.24. The van der Waals surface area contributed by atoms with Crippen molar-refractivity contribution >= 4 is 11.7 Å². The van der Waals surface area contributed by atoms with Gasteiger partial charge in [-0.15, -0.1) is 0 Å². The van der Waals surface area contributed by atoms with E-state index < -0.39 is 5.97 Å². The number of aryl methyl sites for hydroxylation is 2. The molecule has 0 bridgehead atoms. The molecular weight excluding hydrogens is 266 g/mol. The number of nitrogens with zero attached hydrogens (tertiary/aromatic N) is 2. The first kappa shape index (κ1) is 15.1. The van der Waals surface area contributed by atoms with Gasteiger partial charge in [0.2, 0.25) is 0 Å². The van der Waals surface area contributed by atoms with Crippen molar-refractivity contribution < 1.29 is 9.53 Å². The third-order valence-corrected chi connectivity index (χ3v) is 3.20. The van der Waals surface area contributed by atoms with Gasteiger partial charge in [-0.05, 0) is 31.7 Å². The Kier molecular flexibility index (Phi) is 5.37. The average Bonchev–Trinajstić information content (AvgIpc) is 2.86. The lowest BCUT2D eigenvalue weighted by atomic mass is 10.1. The minimum absolute atomic E-state index is 0.208. The van der Waals surface area contributed by atoms with Gasteiger partial charge in [0.15, 0.2) is 5.69 Å². The molecule has 2 N–H and O–H groups in total. The van der Waals surface area contributed by atoms with Gasteiger partial charge in [0.05, 0.1) is 12.3 Å². The fourth-order valence-electron chi connectivity index (χ4n) is 2.16. The minimum Gasteiger partial charge on any atom is -0.461 e. The highest BCUT2D eigenvalue weighted by molar-refractivity contribution is 5.92. The summed E-state index contributed by atoms with van der Waals surface area (Å²) in [5.74, 6) is -0.460. The molecule has 0 aliphatic rings. The second-order valence-corrected chi connectivity index (χ2v) is 4.86. The van der Waals surface area contributed by atoms with Crippen LogP contribution in [0.1, 0.15) is 35.8 Å². The summed E-state index contributed by atoms with van der Waals surface area (Å²) in [6, 6.07) is 10.4. The van der Waals surface area contributed by atoms with Crippen molar-refractivity contribution in [3.8, 4) is 0 Å². The van der Waals surface area contributed by atoms with Crippen LogP contribution in [0.15, 0.2) is 36.5 Å². The smallest absolute Gasteiger partial charge is 0.361 e. The fraction of sp³-hybridized carbons (Fsp3) is 0.375. The number of aromatic nitrogens is 2. The quantitative estimate of drug-likeness (QED) is 0.628. The number of esters is 1. The summed E-state index contributed by atoms with van der Waals surface area (Å²) >= 11 is 0. The molecule has 5 nitrogen and oxygen atoms in total. The maximum absolute atomic E-state index is 11.6. The van der Waals surface area contributed by atoms with E-state index in [1.165, 1.54) is 5.56 Å². The van der Waals surface area contributed by atoms with E-state index in [1.54, 1.807) is 17.8 Å². The van der Waals surface area contributed by atoms with E-state index in [-0.39, 0.29) is 5.69 Å². The van der Waals surface area contributed by atoms with Crippen LogP contribution in [0, 0.1) is 0 Å². The van der Waals surface area contributed by atoms with Gasteiger partial charge in [0, 0.05) is 12.7 Å². The summed E-state index contributed by atoms with van der Waals surface area (Å²) in [4.78, 5) is 11.6. The molecule has 0 saturated carbocycles. The SMILES string of the molecule is CCOC(=O)c1nn(CCCCc2ccccc2)cc1N. The number of carbonyl (C=O) groups is 1. The number of unbranched alkanes of at least 4 members (excludes halogenated alkanes) is 1. The number of anilines is 1. The van der Waals surface area contributed by atoms with Gasteiger partial charge >= 0.3 is 5.97 Å². The van der Waals surface area contributed by atoms with Crippen LogP contribution in [-0.4, -0.2) is 22.4 Å². The van der Waals surface area contributed by atoms with E-state index in [9.17, 15) is 4.79 Å². The molecule has 0 radical (unpaired) electrons. The van der Waals surface area contributed by atoms with Gasteiger partial charge in [0.1, 0.15) is 0 Å². The summed E-state index contributed by atoms with van der Waals surface area (Å²) in [6.07, 6.45) is 4.79. The number of nitrogens with two attached hydrogens (primary N) is 1.